The molecule has 4 nitrogen and oxygen atoms in total. The van der Waals surface area contributed by atoms with Crippen molar-refractivity contribution >= 4 is 17.0 Å². The zero-order valence-corrected chi connectivity index (χ0v) is 10.4. The minimum absolute atomic E-state index is 0.0860. The molecule has 0 atom stereocenters. The van der Waals surface area contributed by atoms with Crippen LogP contribution in [-0.4, -0.2) is 20.0 Å². The van der Waals surface area contributed by atoms with E-state index in [9.17, 15) is 14.6 Å². The first-order chi connectivity index (χ1) is 9.60. The van der Waals surface area contributed by atoms with E-state index in [2.05, 4.69) is 11.7 Å². The maximum Gasteiger partial charge on any atom is 0.166 e. The van der Waals surface area contributed by atoms with E-state index >= 15 is 0 Å². The Kier molecular flexibility index (Phi) is 2.68. The van der Waals surface area contributed by atoms with E-state index in [4.69, 9.17) is 0 Å². The van der Waals surface area contributed by atoms with Crippen LogP contribution >= 0.6 is 0 Å². The third-order valence-electron chi connectivity index (χ3n) is 3.10. The Balaban J connectivity index is 2.28. The molecule has 1 heterocycles. The number of nitrogens with zero attached hydrogens (tertiary/aromatic N) is 2. The summed E-state index contributed by atoms with van der Waals surface area (Å²) in [5.74, 6) is -1.06. The summed E-state index contributed by atoms with van der Waals surface area (Å²) in [5, 5.41) is 23.9. The molecular formula is C15H11FN2O2. The van der Waals surface area contributed by atoms with Gasteiger partial charge in [-0.15, -0.1) is 0 Å². The molecule has 100 valence electrons. The summed E-state index contributed by atoms with van der Waals surface area (Å²) in [7, 11) is 0. The fourth-order valence-electron chi connectivity index (χ4n) is 2.08. The molecule has 0 saturated carbocycles. The molecule has 0 aliphatic heterocycles. The Hall–Kier alpha value is -2.82. The molecular weight excluding hydrogens is 259 g/mol. The average molecular weight is 270 g/mol. The second kappa shape index (κ2) is 4.38. The number of hydrogen-bond donors (Lipinski definition) is 2. The number of aromatic nitrogens is 2. The topological polar surface area (TPSA) is 58.3 Å². The average Bonchev–Trinajstić information content (AvgIpc) is 2.86. The van der Waals surface area contributed by atoms with Crippen LogP contribution in [0.3, 0.4) is 0 Å². The Morgan fingerprint density at radius 3 is 2.65 bits per heavy atom. The van der Waals surface area contributed by atoms with Crippen LogP contribution in [0.1, 0.15) is 5.56 Å². The van der Waals surface area contributed by atoms with E-state index in [0.717, 1.165) is 5.56 Å². The van der Waals surface area contributed by atoms with Crippen LogP contribution in [0.2, 0.25) is 0 Å². The predicted molar refractivity (Wildman–Crippen MR) is 74.4 cm³/mol. The predicted octanol–water partition coefficient (Wildman–Crippen LogP) is 3.22. The molecule has 1 aromatic heterocycles. The van der Waals surface area contributed by atoms with E-state index in [1.165, 1.54) is 23.0 Å². The molecule has 3 rings (SSSR count). The summed E-state index contributed by atoms with van der Waals surface area (Å²) >= 11 is 0. The molecule has 2 aromatic carbocycles. The summed E-state index contributed by atoms with van der Waals surface area (Å²) in [6.07, 6.45) is 3.11. The summed E-state index contributed by atoms with van der Waals surface area (Å²) in [4.78, 5) is 0. The van der Waals surface area contributed by atoms with Crippen LogP contribution in [0, 0.1) is 5.82 Å². The fraction of sp³-hybridized carbons (Fsp3) is 0. The number of fused-ring (bicyclic) bond motifs is 1. The van der Waals surface area contributed by atoms with Gasteiger partial charge in [-0.2, -0.15) is 5.10 Å². The Labute approximate surface area is 114 Å². The van der Waals surface area contributed by atoms with Gasteiger partial charge in [0.15, 0.2) is 11.6 Å². The number of hydrogen-bond acceptors (Lipinski definition) is 3. The zero-order chi connectivity index (χ0) is 14.3. The lowest BCUT2D eigenvalue weighted by molar-refractivity contribution is 0.432. The van der Waals surface area contributed by atoms with Gasteiger partial charge in [0.2, 0.25) is 0 Å². The van der Waals surface area contributed by atoms with Crippen LogP contribution in [-0.2, 0) is 0 Å². The van der Waals surface area contributed by atoms with E-state index in [1.807, 2.05) is 0 Å². The van der Waals surface area contributed by atoms with Gasteiger partial charge < -0.3 is 10.2 Å². The molecule has 5 heteroatoms. The van der Waals surface area contributed by atoms with Gasteiger partial charge in [0.25, 0.3) is 0 Å². The van der Waals surface area contributed by atoms with Gasteiger partial charge in [-0.25, -0.2) is 9.07 Å². The van der Waals surface area contributed by atoms with Gasteiger partial charge in [0.1, 0.15) is 5.75 Å². The minimum Gasteiger partial charge on any atom is -0.507 e. The lowest BCUT2D eigenvalue weighted by Crippen LogP contribution is -1.96. The van der Waals surface area contributed by atoms with Crippen molar-refractivity contribution in [3.63, 3.8) is 0 Å². The minimum atomic E-state index is -0.727. The van der Waals surface area contributed by atoms with E-state index < -0.39 is 11.6 Å². The van der Waals surface area contributed by atoms with Gasteiger partial charge >= 0.3 is 0 Å². The smallest absolute Gasteiger partial charge is 0.166 e. The third-order valence-corrected chi connectivity index (χ3v) is 3.10. The highest BCUT2D eigenvalue weighted by molar-refractivity contribution is 5.88. The summed E-state index contributed by atoms with van der Waals surface area (Å²) < 4.78 is 14.9. The molecule has 0 unspecified atom stereocenters. The highest BCUT2D eigenvalue weighted by Gasteiger charge is 2.11. The molecule has 0 saturated heterocycles. The van der Waals surface area contributed by atoms with E-state index in [0.29, 0.717) is 16.6 Å². The maximum atomic E-state index is 13.4. The Morgan fingerprint density at radius 2 is 1.95 bits per heavy atom. The van der Waals surface area contributed by atoms with Crippen LogP contribution in [0.15, 0.2) is 43.1 Å². The van der Waals surface area contributed by atoms with Gasteiger partial charge in [0.05, 0.1) is 22.8 Å². The van der Waals surface area contributed by atoms with E-state index in [-0.39, 0.29) is 5.75 Å². The molecule has 0 bridgehead atoms. The van der Waals surface area contributed by atoms with Gasteiger partial charge in [-0.05, 0) is 29.8 Å². The molecule has 2 N–H and O–H groups in total. The second-order valence-corrected chi connectivity index (χ2v) is 4.37. The number of aromatic hydroxyl groups is 2. The lowest BCUT2D eigenvalue weighted by Gasteiger charge is -2.06. The van der Waals surface area contributed by atoms with Crippen LogP contribution in [0.5, 0.6) is 11.5 Å². The van der Waals surface area contributed by atoms with Crippen molar-refractivity contribution in [2.24, 2.45) is 0 Å². The molecule has 0 aliphatic carbocycles. The first-order valence-electron chi connectivity index (χ1n) is 5.92. The lowest BCUT2D eigenvalue weighted by atomic mass is 10.1. The third kappa shape index (κ3) is 1.80. The highest BCUT2D eigenvalue weighted by atomic mass is 19.1. The van der Waals surface area contributed by atoms with Crippen LogP contribution in [0.4, 0.5) is 4.39 Å². The van der Waals surface area contributed by atoms with Crippen molar-refractivity contribution < 1.29 is 14.6 Å². The van der Waals surface area contributed by atoms with E-state index in [1.54, 1.807) is 24.3 Å². The fourth-order valence-corrected chi connectivity index (χ4v) is 2.08. The first-order valence-corrected chi connectivity index (χ1v) is 5.92. The molecule has 0 amide bonds. The van der Waals surface area contributed by atoms with Crippen molar-refractivity contribution in [2.45, 2.75) is 0 Å². The molecule has 0 aliphatic rings. The van der Waals surface area contributed by atoms with Gasteiger partial charge in [-0.3, -0.25) is 0 Å². The Morgan fingerprint density at radius 1 is 1.15 bits per heavy atom. The van der Waals surface area contributed by atoms with Gasteiger partial charge in [-0.1, -0.05) is 12.7 Å². The monoisotopic (exact) mass is 270 g/mol. The van der Waals surface area contributed by atoms with Crippen molar-refractivity contribution in [3.8, 4) is 17.2 Å². The SMILES string of the molecule is C=Cc1cc(O)c2cnn(-c3ccc(O)c(F)c3)c2c1. The summed E-state index contributed by atoms with van der Waals surface area (Å²) in [6.45, 7) is 3.66. The Bertz CT molecular complexity index is 824. The number of halogens is 1. The molecule has 0 fully saturated rings. The number of phenols is 2. The molecule has 20 heavy (non-hydrogen) atoms. The number of phenolic OH excluding ortho intramolecular Hbond substituents is 2. The number of rotatable bonds is 2. The van der Waals surface area contributed by atoms with Crippen LogP contribution in [0.25, 0.3) is 22.7 Å². The summed E-state index contributed by atoms with van der Waals surface area (Å²) in [5.41, 5.74) is 1.82. The normalized spacial score (nSPS) is 10.8. The standard InChI is InChI=1S/C15H11FN2O2/c1-2-9-5-13-11(15(20)6-9)8-17-18(13)10-3-4-14(19)12(16)7-10/h2-8,19-20H,1H2. The highest BCUT2D eigenvalue weighted by Crippen LogP contribution is 2.29. The zero-order valence-electron chi connectivity index (χ0n) is 10.4. The molecule has 0 radical (unpaired) electrons. The summed E-state index contributed by atoms with van der Waals surface area (Å²) in [6, 6.07) is 7.36. The molecule has 3 aromatic rings. The maximum absolute atomic E-state index is 13.4. The quantitative estimate of drug-likeness (QED) is 0.751. The largest absolute Gasteiger partial charge is 0.507 e. The van der Waals surface area contributed by atoms with Crippen molar-refractivity contribution in [1.82, 2.24) is 9.78 Å². The van der Waals surface area contributed by atoms with Crippen LogP contribution < -0.4 is 0 Å². The number of benzene rings is 2. The first kappa shape index (κ1) is 12.2. The van der Waals surface area contributed by atoms with Crippen molar-refractivity contribution in [3.05, 3.63) is 54.5 Å². The molecule has 0 spiro atoms. The van der Waals surface area contributed by atoms with Crippen molar-refractivity contribution in [2.75, 3.05) is 0 Å². The van der Waals surface area contributed by atoms with Gasteiger partial charge in [0, 0.05) is 6.07 Å². The second-order valence-electron chi connectivity index (χ2n) is 4.37. The van der Waals surface area contributed by atoms with Crippen molar-refractivity contribution in [1.29, 1.82) is 0 Å².